The summed E-state index contributed by atoms with van der Waals surface area (Å²) in [5, 5.41) is 6.09. The van der Waals surface area contributed by atoms with Gasteiger partial charge < -0.3 is 15.1 Å². The number of amides is 1. The fourth-order valence-electron chi connectivity index (χ4n) is 1.96. The number of fused-ring (bicyclic) bond motifs is 1. The van der Waals surface area contributed by atoms with Crippen LogP contribution in [0.3, 0.4) is 0 Å². The zero-order valence-corrected chi connectivity index (χ0v) is 9.36. The topological polar surface area (TPSA) is 54.3 Å². The van der Waals surface area contributed by atoms with Crippen molar-refractivity contribution >= 4 is 11.6 Å². The van der Waals surface area contributed by atoms with Crippen LogP contribution in [0.2, 0.25) is 0 Å². The minimum absolute atomic E-state index is 0.0848. The number of nitrogens with one attached hydrogen (secondary N) is 2. The van der Waals surface area contributed by atoms with Crippen LogP contribution in [0.5, 0.6) is 0 Å². The number of benzene rings is 1. The highest BCUT2D eigenvalue weighted by atomic mass is 16.3. The van der Waals surface area contributed by atoms with Gasteiger partial charge in [0.1, 0.15) is 11.5 Å². The fraction of sp³-hybridized carbons (Fsp3) is 0.154. The van der Waals surface area contributed by atoms with E-state index in [1.807, 2.05) is 37.3 Å². The van der Waals surface area contributed by atoms with E-state index in [2.05, 4.69) is 10.6 Å². The number of hydrogen-bond acceptors (Lipinski definition) is 3. The van der Waals surface area contributed by atoms with Crippen LogP contribution in [0.1, 0.15) is 28.0 Å². The van der Waals surface area contributed by atoms with Crippen molar-refractivity contribution in [2.24, 2.45) is 0 Å². The predicted molar refractivity (Wildman–Crippen MR) is 63.7 cm³/mol. The first-order valence-corrected chi connectivity index (χ1v) is 5.47. The first-order valence-electron chi connectivity index (χ1n) is 5.47. The van der Waals surface area contributed by atoms with Crippen LogP contribution < -0.4 is 10.6 Å². The molecule has 1 aromatic carbocycles. The summed E-state index contributed by atoms with van der Waals surface area (Å²) in [5.41, 5.74) is 1.49. The second-order valence-corrected chi connectivity index (χ2v) is 4.04. The van der Waals surface area contributed by atoms with Gasteiger partial charge in [0.15, 0.2) is 6.17 Å². The lowest BCUT2D eigenvalue weighted by atomic mass is 10.1. The summed E-state index contributed by atoms with van der Waals surface area (Å²) in [7, 11) is 0. The number of hydrogen-bond donors (Lipinski definition) is 2. The summed E-state index contributed by atoms with van der Waals surface area (Å²) in [5.74, 6) is 1.46. The Balaban J connectivity index is 1.96. The van der Waals surface area contributed by atoms with Gasteiger partial charge in [-0.25, -0.2) is 0 Å². The van der Waals surface area contributed by atoms with Crippen molar-refractivity contribution in [3.8, 4) is 0 Å². The average molecular weight is 228 g/mol. The van der Waals surface area contributed by atoms with Crippen LogP contribution in [-0.2, 0) is 0 Å². The number of carbonyl (C=O) groups excluding carboxylic acids is 1. The van der Waals surface area contributed by atoms with E-state index in [9.17, 15) is 4.79 Å². The van der Waals surface area contributed by atoms with Gasteiger partial charge in [0.25, 0.3) is 5.91 Å². The smallest absolute Gasteiger partial charge is 0.255 e. The Morgan fingerprint density at radius 3 is 2.71 bits per heavy atom. The second kappa shape index (κ2) is 3.66. The number of para-hydroxylation sites is 1. The lowest BCUT2D eigenvalue weighted by Crippen LogP contribution is -2.38. The van der Waals surface area contributed by atoms with E-state index >= 15 is 0 Å². The maximum absolute atomic E-state index is 11.9. The summed E-state index contributed by atoms with van der Waals surface area (Å²) in [6, 6.07) is 11.2. The van der Waals surface area contributed by atoms with Crippen LogP contribution in [-0.4, -0.2) is 5.91 Å². The fourth-order valence-corrected chi connectivity index (χ4v) is 1.96. The van der Waals surface area contributed by atoms with Crippen LogP contribution in [0, 0.1) is 6.92 Å². The van der Waals surface area contributed by atoms with Crippen LogP contribution in [0.15, 0.2) is 40.8 Å². The lowest BCUT2D eigenvalue weighted by molar-refractivity contribution is 0.0930. The Bertz CT molecular complexity index is 574. The van der Waals surface area contributed by atoms with Crippen molar-refractivity contribution in [1.29, 1.82) is 0 Å². The van der Waals surface area contributed by atoms with E-state index in [4.69, 9.17) is 4.42 Å². The number of rotatable bonds is 1. The maximum Gasteiger partial charge on any atom is 0.255 e. The molecular formula is C13H12N2O2. The number of carbonyl (C=O) groups is 1. The van der Waals surface area contributed by atoms with Crippen LogP contribution in [0.25, 0.3) is 0 Å². The van der Waals surface area contributed by atoms with Gasteiger partial charge in [-0.2, -0.15) is 0 Å². The summed E-state index contributed by atoms with van der Waals surface area (Å²) in [4.78, 5) is 11.9. The molecule has 1 amide bonds. The van der Waals surface area contributed by atoms with Crippen molar-refractivity contribution in [1.82, 2.24) is 5.32 Å². The molecule has 86 valence electrons. The quantitative estimate of drug-likeness (QED) is 0.788. The van der Waals surface area contributed by atoms with E-state index in [0.717, 1.165) is 11.4 Å². The largest absolute Gasteiger partial charge is 0.462 e. The normalized spacial score (nSPS) is 18.2. The Labute approximate surface area is 98.6 Å². The highest BCUT2D eigenvalue weighted by Crippen LogP contribution is 2.26. The molecule has 0 fully saturated rings. The summed E-state index contributed by atoms with van der Waals surface area (Å²) in [6.45, 7) is 1.88. The zero-order valence-electron chi connectivity index (χ0n) is 9.36. The molecule has 2 N–H and O–H groups in total. The van der Waals surface area contributed by atoms with Gasteiger partial charge in [-0.1, -0.05) is 12.1 Å². The molecule has 4 heteroatoms. The molecule has 1 aliphatic heterocycles. The predicted octanol–water partition coefficient (Wildman–Crippen LogP) is 2.44. The molecule has 0 saturated heterocycles. The third-order valence-corrected chi connectivity index (χ3v) is 2.79. The maximum atomic E-state index is 11.9. The molecule has 1 aliphatic rings. The standard InChI is InChI=1S/C13H12N2O2/c1-8-6-7-11(17-8)12-14-10-5-3-2-4-9(10)13(16)15-12/h2-7,12,14H,1H3,(H,15,16). The highest BCUT2D eigenvalue weighted by molar-refractivity contribution is 6.01. The van der Waals surface area contributed by atoms with Crippen molar-refractivity contribution in [2.45, 2.75) is 13.1 Å². The summed E-state index contributed by atoms with van der Waals surface area (Å²) >= 11 is 0. The molecule has 1 aromatic heterocycles. The number of anilines is 1. The molecule has 1 atom stereocenters. The molecule has 0 bridgehead atoms. The monoisotopic (exact) mass is 228 g/mol. The molecule has 4 nitrogen and oxygen atoms in total. The Morgan fingerprint density at radius 2 is 1.94 bits per heavy atom. The Kier molecular flexibility index (Phi) is 2.14. The minimum atomic E-state index is -0.300. The Morgan fingerprint density at radius 1 is 1.12 bits per heavy atom. The molecule has 0 saturated carbocycles. The van der Waals surface area contributed by atoms with Crippen molar-refractivity contribution in [3.63, 3.8) is 0 Å². The molecular weight excluding hydrogens is 216 g/mol. The molecule has 2 heterocycles. The van der Waals surface area contributed by atoms with Gasteiger partial charge in [-0.15, -0.1) is 0 Å². The summed E-state index contributed by atoms with van der Waals surface area (Å²) in [6.07, 6.45) is -0.300. The minimum Gasteiger partial charge on any atom is -0.462 e. The van der Waals surface area contributed by atoms with Gasteiger partial charge in [-0.3, -0.25) is 4.79 Å². The van der Waals surface area contributed by atoms with Gasteiger partial charge in [0.05, 0.1) is 5.56 Å². The van der Waals surface area contributed by atoms with E-state index in [1.165, 1.54) is 0 Å². The molecule has 1 unspecified atom stereocenters. The third kappa shape index (κ3) is 1.67. The zero-order chi connectivity index (χ0) is 11.8. The van der Waals surface area contributed by atoms with Gasteiger partial charge in [-0.05, 0) is 31.2 Å². The third-order valence-electron chi connectivity index (χ3n) is 2.79. The van der Waals surface area contributed by atoms with Gasteiger partial charge in [0.2, 0.25) is 0 Å². The molecule has 2 aromatic rings. The SMILES string of the molecule is Cc1ccc(C2NC(=O)c3ccccc3N2)o1. The van der Waals surface area contributed by atoms with E-state index in [-0.39, 0.29) is 12.1 Å². The van der Waals surface area contributed by atoms with E-state index < -0.39 is 0 Å². The number of furan rings is 1. The van der Waals surface area contributed by atoms with E-state index in [0.29, 0.717) is 11.3 Å². The molecule has 0 radical (unpaired) electrons. The highest BCUT2D eigenvalue weighted by Gasteiger charge is 2.25. The number of aryl methyl sites for hydroxylation is 1. The lowest BCUT2D eigenvalue weighted by Gasteiger charge is -2.26. The van der Waals surface area contributed by atoms with Crippen LogP contribution in [0.4, 0.5) is 5.69 Å². The van der Waals surface area contributed by atoms with Crippen molar-refractivity contribution in [2.75, 3.05) is 5.32 Å². The first kappa shape index (κ1) is 9.96. The van der Waals surface area contributed by atoms with Crippen LogP contribution >= 0.6 is 0 Å². The van der Waals surface area contributed by atoms with Crippen molar-refractivity contribution in [3.05, 3.63) is 53.5 Å². The molecule has 0 aliphatic carbocycles. The molecule has 17 heavy (non-hydrogen) atoms. The Hall–Kier alpha value is -2.23. The molecule has 0 spiro atoms. The molecule has 3 rings (SSSR count). The van der Waals surface area contributed by atoms with E-state index in [1.54, 1.807) is 6.07 Å². The van der Waals surface area contributed by atoms with Gasteiger partial charge in [0, 0.05) is 5.69 Å². The van der Waals surface area contributed by atoms with Gasteiger partial charge >= 0.3 is 0 Å². The summed E-state index contributed by atoms with van der Waals surface area (Å²) < 4.78 is 5.51. The second-order valence-electron chi connectivity index (χ2n) is 4.04. The first-order chi connectivity index (χ1) is 8.24. The average Bonchev–Trinajstić information content (AvgIpc) is 2.76. The van der Waals surface area contributed by atoms with Crippen molar-refractivity contribution < 1.29 is 9.21 Å².